The summed E-state index contributed by atoms with van der Waals surface area (Å²) in [6, 6.07) is 10.5. The number of hydrogen-bond donors (Lipinski definition) is 1. The molecule has 1 unspecified atom stereocenters. The molecule has 0 bridgehead atoms. The zero-order chi connectivity index (χ0) is 19.2. The van der Waals surface area contributed by atoms with Gasteiger partial charge in [-0.3, -0.25) is 9.89 Å². The van der Waals surface area contributed by atoms with Crippen LogP contribution in [0.3, 0.4) is 0 Å². The van der Waals surface area contributed by atoms with Gasteiger partial charge in [-0.1, -0.05) is 44.2 Å². The third kappa shape index (κ3) is 5.16. The summed E-state index contributed by atoms with van der Waals surface area (Å²) >= 11 is 0. The molecule has 1 aromatic carbocycles. The van der Waals surface area contributed by atoms with E-state index < -0.39 is 0 Å². The van der Waals surface area contributed by atoms with Crippen molar-refractivity contribution in [2.75, 3.05) is 26.2 Å². The van der Waals surface area contributed by atoms with Gasteiger partial charge in [-0.05, 0) is 44.8 Å². The molecular formula is C21H31N5O. The first kappa shape index (κ1) is 19.5. The fourth-order valence-corrected chi connectivity index (χ4v) is 3.73. The summed E-state index contributed by atoms with van der Waals surface area (Å²) in [5.41, 5.74) is 1.38. The standard InChI is InChI=1S/C21H31N5O/c1-16(2)21(27)26-14-8-13-25(12-7-11-18-9-5-4-6-10-18)15-19(26)20-22-17(3)23-24-20/h4-6,9-10,16,19H,7-8,11-15H2,1-3H3,(H,22,23,24). The highest BCUT2D eigenvalue weighted by Gasteiger charge is 2.33. The van der Waals surface area contributed by atoms with Crippen LogP contribution in [0.4, 0.5) is 0 Å². The number of aryl methyl sites for hydroxylation is 2. The van der Waals surface area contributed by atoms with Gasteiger partial charge in [-0.15, -0.1) is 0 Å². The number of aromatic amines is 1. The second-order valence-corrected chi connectivity index (χ2v) is 7.72. The van der Waals surface area contributed by atoms with E-state index in [4.69, 9.17) is 0 Å². The van der Waals surface area contributed by atoms with Crippen LogP contribution in [0, 0.1) is 12.8 Å². The van der Waals surface area contributed by atoms with Crippen molar-refractivity contribution in [3.05, 3.63) is 47.5 Å². The zero-order valence-corrected chi connectivity index (χ0v) is 16.7. The minimum Gasteiger partial charge on any atom is -0.331 e. The second kappa shape index (κ2) is 9.13. The molecule has 3 rings (SSSR count). The first-order chi connectivity index (χ1) is 13.0. The van der Waals surface area contributed by atoms with Crippen LogP contribution in [-0.4, -0.2) is 57.1 Å². The smallest absolute Gasteiger partial charge is 0.225 e. The van der Waals surface area contributed by atoms with E-state index >= 15 is 0 Å². The van der Waals surface area contributed by atoms with E-state index in [-0.39, 0.29) is 17.9 Å². The molecule has 1 saturated heterocycles. The monoisotopic (exact) mass is 369 g/mol. The minimum absolute atomic E-state index is 0.0165. The fraction of sp³-hybridized carbons (Fsp3) is 0.571. The van der Waals surface area contributed by atoms with E-state index in [1.165, 1.54) is 5.56 Å². The molecular weight excluding hydrogens is 338 g/mol. The predicted octanol–water partition coefficient (Wildman–Crippen LogP) is 2.98. The van der Waals surface area contributed by atoms with E-state index in [9.17, 15) is 4.79 Å². The van der Waals surface area contributed by atoms with Gasteiger partial charge in [0.25, 0.3) is 0 Å². The van der Waals surface area contributed by atoms with E-state index in [2.05, 4.69) is 50.4 Å². The number of benzene rings is 1. The normalized spacial score (nSPS) is 18.7. The highest BCUT2D eigenvalue weighted by atomic mass is 16.2. The molecule has 0 radical (unpaired) electrons. The van der Waals surface area contributed by atoms with Crippen LogP contribution < -0.4 is 0 Å². The van der Waals surface area contributed by atoms with Crippen LogP contribution >= 0.6 is 0 Å². The lowest BCUT2D eigenvalue weighted by atomic mass is 10.1. The largest absolute Gasteiger partial charge is 0.331 e. The topological polar surface area (TPSA) is 65.1 Å². The highest BCUT2D eigenvalue weighted by Crippen LogP contribution is 2.25. The lowest BCUT2D eigenvalue weighted by Gasteiger charge is -2.31. The van der Waals surface area contributed by atoms with E-state index in [1.807, 2.05) is 25.7 Å². The van der Waals surface area contributed by atoms with E-state index in [0.29, 0.717) is 0 Å². The highest BCUT2D eigenvalue weighted by molar-refractivity contribution is 5.78. The first-order valence-electron chi connectivity index (χ1n) is 10.00. The van der Waals surface area contributed by atoms with Crippen LogP contribution in [0.2, 0.25) is 0 Å². The van der Waals surface area contributed by atoms with Crippen molar-refractivity contribution in [2.45, 2.75) is 46.1 Å². The Hall–Kier alpha value is -2.21. The Bertz CT molecular complexity index is 727. The van der Waals surface area contributed by atoms with Gasteiger partial charge in [0, 0.05) is 19.0 Å². The van der Waals surface area contributed by atoms with Crippen molar-refractivity contribution in [1.29, 1.82) is 0 Å². The van der Waals surface area contributed by atoms with Crippen molar-refractivity contribution >= 4 is 5.91 Å². The molecule has 1 atom stereocenters. The van der Waals surface area contributed by atoms with Crippen LogP contribution in [-0.2, 0) is 11.2 Å². The SMILES string of the molecule is Cc1nc(C2CN(CCCc3ccccc3)CCCN2C(=O)C(C)C)n[nH]1. The molecule has 1 fully saturated rings. The minimum atomic E-state index is -0.0796. The Kier molecular flexibility index (Phi) is 6.61. The van der Waals surface area contributed by atoms with Crippen LogP contribution in [0.1, 0.15) is 49.9 Å². The number of nitrogens with one attached hydrogen (secondary N) is 1. The summed E-state index contributed by atoms with van der Waals surface area (Å²) in [6.45, 7) is 9.43. The Labute approximate surface area is 162 Å². The maximum absolute atomic E-state index is 12.8. The third-order valence-electron chi connectivity index (χ3n) is 5.15. The molecule has 1 amide bonds. The molecule has 2 aromatic rings. The Morgan fingerprint density at radius 1 is 1.26 bits per heavy atom. The molecule has 6 nitrogen and oxygen atoms in total. The number of nitrogens with zero attached hydrogens (tertiary/aromatic N) is 4. The van der Waals surface area contributed by atoms with Crippen molar-refractivity contribution in [1.82, 2.24) is 25.0 Å². The number of carbonyl (C=O) groups excluding carboxylic acids is 1. The summed E-state index contributed by atoms with van der Waals surface area (Å²) < 4.78 is 0. The molecule has 1 aliphatic rings. The lowest BCUT2D eigenvalue weighted by molar-refractivity contribution is -0.137. The second-order valence-electron chi connectivity index (χ2n) is 7.72. The Morgan fingerprint density at radius 3 is 2.70 bits per heavy atom. The van der Waals surface area contributed by atoms with Crippen LogP contribution in [0.15, 0.2) is 30.3 Å². The lowest BCUT2D eigenvalue weighted by Crippen LogP contribution is -2.41. The number of H-pyrrole nitrogens is 1. The quantitative estimate of drug-likeness (QED) is 0.850. The van der Waals surface area contributed by atoms with E-state index in [1.54, 1.807) is 0 Å². The summed E-state index contributed by atoms with van der Waals surface area (Å²) in [5.74, 6) is 1.70. The van der Waals surface area contributed by atoms with E-state index in [0.717, 1.165) is 57.1 Å². The number of carbonyl (C=O) groups is 1. The first-order valence-corrected chi connectivity index (χ1v) is 10.00. The molecule has 0 spiro atoms. The fourth-order valence-electron chi connectivity index (χ4n) is 3.73. The van der Waals surface area contributed by atoms with Crippen molar-refractivity contribution in [2.24, 2.45) is 5.92 Å². The number of rotatable bonds is 6. The van der Waals surface area contributed by atoms with Crippen molar-refractivity contribution in [3.8, 4) is 0 Å². The average Bonchev–Trinajstić information content (AvgIpc) is 2.98. The maximum Gasteiger partial charge on any atom is 0.225 e. The van der Waals surface area contributed by atoms with Gasteiger partial charge in [-0.2, -0.15) is 5.10 Å². The predicted molar refractivity (Wildman–Crippen MR) is 106 cm³/mol. The van der Waals surface area contributed by atoms with Gasteiger partial charge >= 0.3 is 0 Å². The van der Waals surface area contributed by atoms with Gasteiger partial charge < -0.3 is 9.80 Å². The molecule has 146 valence electrons. The summed E-state index contributed by atoms with van der Waals surface area (Å²) in [7, 11) is 0. The Balaban J connectivity index is 1.68. The third-order valence-corrected chi connectivity index (χ3v) is 5.15. The van der Waals surface area contributed by atoms with Gasteiger partial charge in [0.15, 0.2) is 5.82 Å². The van der Waals surface area contributed by atoms with Gasteiger partial charge in [-0.25, -0.2) is 4.98 Å². The molecule has 6 heteroatoms. The summed E-state index contributed by atoms with van der Waals surface area (Å²) in [5, 5.41) is 7.32. The number of hydrogen-bond acceptors (Lipinski definition) is 4. The number of amides is 1. The van der Waals surface area contributed by atoms with Gasteiger partial charge in [0.2, 0.25) is 5.91 Å². The van der Waals surface area contributed by atoms with Gasteiger partial charge in [0.05, 0.1) is 0 Å². The molecule has 0 aliphatic carbocycles. The molecule has 27 heavy (non-hydrogen) atoms. The molecule has 0 saturated carbocycles. The summed E-state index contributed by atoms with van der Waals surface area (Å²) in [6.07, 6.45) is 3.18. The molecule has 1 aliphatic heterocycles. The summed E-state index contributed by atoms with van der Waals surface area (Å²) in [4.78, 5) is 21.8. The molecule has 2 heterocycles. The average molecular weight is 370 g/mol. The van der Waals surface area contributed by atoms with Crippen molar-refractivity contribution < 1.29 is 4.79 Å². The Morgan fingerprint density at radius 2 is 2.04 bits per heavy atom. The zero-order valence-electron chi connectivity index (χ0n) is 16.7. The number of aromatic nitrogens is 3. The van der Waals surface area contributed by atoms with Crippen LogP contribution in [0.25, 0.3) is 0 Å². The van der Waals surface area contributed by atoms with Gasteiger partial charge in [0.1, 0.15) is 11.9 Å². The molecule has 1 N–H and O–H groups in total. The van der Waals surface area contributed by atoms with Crippen molar-refractivity contribution in [3.63, 3.8) is 0 Å². The molecule has 1 aromatic heterocycles. The maximum atomic E-state index is 12.8. The van der Waals surface area contributed by atoms with Crippen LogP contribution in [0.5, 0.6) is 0 Å².